The monoisotopic (exact) mass is 227 g/mol. The van der Waals surface area contributed by atoms with Gasteiger partial charge in [0.05, 0.1) is 0 Å². The first-order valence-corrected chi connectivity index (χ1v) is 6.09. The highest BCUT2D eigenvalue weighted by Gasteiger charge is 2.05. The van der Waals surface area contributed by atoms with E-state index in [4.69, 9.17) is 5.73 Å². The maximum Gasteiger partial charge on any atom is 0.223 e. The molecule has 0 fully saturated rings. The van der Waals surface area contributed by atoms with E-state index in [2.05, 4.69) is 26.4 Å². The van der Waals surface area contributed by atoms with Crippen molar-refractivity contribution >= 4 is 29.3 Å². The third-order valence-electron chi connectivity index (χ3n) is 2.01. The van der Waals surface area contributed by atoms with Crippen molar-refractivity contribution in [1.29, 1.82) is 0 Å². The number of hydrogen-bond acceptors (Lipinski definition) is 6. The van der Waals surface area contributed by atoms with E-state index in [0.717, 1.165) is 23.9 Å². The minimum Gasteiger partial charge on any atom is -0.373 e. The minimum atomic E-state index is 0.299. The molecule has 0 aromatic carbocycles. The predicted molar refractivity (Wildman–Crippen MR) is 67.6 cm³/mol. The Bertz CT molecular complexity index is 317. The van der Waals surface area contributed by atoms with Gasteiger partial charge in [0.25, 0.3) is 0 Å². The number of nitrogens with two attached hydrogens (primary N) is 1. The molecule has 1 heterocycles. The summed E-state index contributed by atoms with van der Waals surface area (Å²) < 4.78 is 0. The van der Waals surface area contributed by atoms with Crippen molar-refractivity contribution < 1.29 is 0 Å². The van der Waals surface area contributed by atoms with E-state index >= 15 is 0 Å². The Morgan fingerprint density at radius 2 is 2.27 bits per heavy atom. The van der Waals surface area contributed by atoms with Crippen LogP contribution in [0, 0.1) is 0 Å². The van der Waals surface area contributed by atoms with Crippen molar-refractivity contribution in [2.75, 3.05) is 48.6 Å². The Labute approximate surface area is 94.5 Å². The Morgan fingerprint density at radius 1 is 1.53 bits per heavy atom. The standard InChI is InChI=1S/C9H17N5S/c1-11-7-6-8(13-9(10)12-7)14(2)4-5-15-3/h6H,4-5H2,1-3H3,(H3,10,11,12,13). The van der Waals surface area contributed by atoms with Crippen LogP contribution in [0.3, 0.4) is 0 Å². The second-order valence-electron chi connectivity index (χ2n) is 3.13. The van der Waals surface area contributed by atoms with Crippen LogP contribution >= 0.6 is 11.8 Å². The van der Waals surface area contributed by atoms with E-state index in [1.54, 1.807) is 11.8 Å². The van der Waals surface area contributed by atoms with E-state index in [0.29, 0.717) is 5.95 Å². The largest absolute Gasteiger partial charge is 0.373 e. The molecule has 0 saturated carbocycles. The van der Waals surface area contributed by atoms with Crippen molar-refractivity contribution in [3.8, 4) is 0 Å². The van der Waals surface area contributed by atoms with Crippen molar-refractivity contribution in [3.63, 3.8) is 0 Å². The quantitative estimate of drug-likeness (QED) is 0.779. The van der Waals surface area contributed by atoms with Gasteiger partial charge in [-0.25, -0.2) is 0 Å². The van der Waals surface area contributed by atoms with E-state index in [1.165, 1.54) is 0 Å². The molecule has 0 aliphatic heterocycles. The number of hydrogen-bond donors (Lipinski definition) is 2. The second kappa shape index (κ2) is 5.65. The fraction of sp³-hybridized carbons (Fsp3) is 0.556. The summed E-state index contributed by atoms with van der Waals surface area (Å²) in [7, 11) is 3.81. The van der Waals surface area contributed by atoms with Gasteiger partial charge in [-0.1, -0.05) is 0 Å². The van der Waals surface area contributed by atoms with Crippen LogP contribution in [-0.2, 0) is 0 Å². The first-order chi connectivity index (χ1) is 7.17. The molecular weight excluding hydrogens is 210 g/mol. The van der Waals surface area contributed by atoms with Crippen molar-refractivity contribution in [1.82, 2.24) is 9.97 Å². The summed E-state index contributed by atoms with van der Waals surface area (Å²) in [5.41, 5.74) is 5.61. The average Bonchev–Trinajstić information content (AvgIpc) is 2.24. The Balaban J connectivity index is 2.78. The molecule has 3 N–H and O–H groups in total. The van der Waals surface area contributed by atoms with Crippen LogP contribution in [0.4, 0.5) is 17.6 Å². The minimum absolute atomic E-state index is 0.299. The zero-order valence-corrected chi connectivity index (χ0v) is 10.1. The molecule has 1 aromatic heterocycles. The molecule has 15 heavy (non-hydrogen) atoms. The van der Waals surface area contributed by atoms with E-state index in [9.17, 15) is 0 Å². The molecule has 1 aromatic rings. The lowest BCUT2D eigenvalue weighted by Gasteiger charge is -2.18. The summed E-state index contributed by atoms with van der Waals surface area (Å²) in [5, 5.41) is 2.96. The van der Waals surface area contributed by atoms with Gasteiger partial charge in [0.1, 0.15) is 11.6 Å². The van der Waals surface area contributed by atoms with Crippen molar-refractivity contribution in [3.05, 3.63) is 6.07 Å². The molecule has 0 bridgehead atoms. The normalized spacial score (nSPS) is 10.1. The summed E-state index contributed by atoms with van der Waals surface area (Å²) in [6.45, 7) is 0.945. The van der Waals surface area contributed by atoms with Crippen LogP contribution in [0.15, 0.2) is 6.07 Å². The highest BCUT2D eigenvalue weighted by molar-refractivity contribution is 7.98. The molecule has 1 rings (SSSR count). The first kappa shape index (κ1) is 11.9. The molecule has 0 radical (unpaired) electrons. The van der Waals surface area contributed by atoms with Gasteiger partial charge in [-0.05, 0) is 6.26 Å². The summed E-state index contributed by atoms with van der Waals surface area (Å²) in [4.78, 5) is 10.3. The lowest BCUT2D eigenvalue weighted by Crippen LogP contribution is -2.22. The van der Waals surface area contributed by atoms with Crippen LogP contribution in [0.2, 0.25) is 0 Å². The van der Waals surface area contributed by atoms with Crippen LogP contribution < -0.4 is 16.0 Å². The molecule has 84 valence electrons. The van der Waals surface area contributed by atoms with Crippen LogP contribution in [0.25, 0.3) is 0 Å². The number of rotatable bonds is 5. The Morgan fingerprint density at radius 3 is 2.87 bits per heavy atom. The van der Waals surface area contributed by atoms with Gasteiger partial charge in [0, 0.05) is 32.5 Å². The van der Waals surface area contributed by atoms with Crippen molar-refractivity contribution in [2.24, 2.45) is 0 Å². The summed E-state index contributed by atoms with van der Waals surface area (Å²) >= 11 is 1.81. The predicted octanol–water partition coefficient (Wildman–Crippen LogP) is 0.900. The molecule has 0 aliphatic carbocycles. The van der Waals surface area contributed by atoms with E-state index in [-0.39, 0.29) is 0 Å². The lowest BCUT2D eigenvalue weighted by molar-refractivity contribution is 0.941. The van der Waals surface area contributed by atoms with Gasteiger partial charge in [0.2, 0.25) is 5.95 Å². The van der Waals surface area contributed by atoms with Crippen LogP contribution in [0.1, 0.15) is 0 Å². The topological polar surface area (TPSA) is 67.1 Å². The van der Waals surface area contributed by atoms with Gasteiger partial charge < -0.3 is 16.0 Å². The molecule has 0 spiro atoms. The molecule has 0 saturated heterocycles. The zero-order valence-electron chi connectivity index (χ0n) is 9.32. The molecule has 0 atom stereocenters. The number of nitrogens with zero attached hydrogens (tertiary/aromatic N) is 3. The first-order valence-electron chi connectivity index (χ1n) is 4.69. The third kappa shape index (κ3) is 3.47. The SMILES string of the molecule is CNc1cc(N(C)CCSC)nc(N)n1. The third-order valence-corrected chi connectivity index (χ3v) is 2.60. The van der Waals surface area contributed by atoms with Gasteiger partial charge in [0.15, 0.2) is 0 Å². The smallest absolute Gasteiger partial charge is 0.223 e. The maximum absolute atomic E-state index is 5.61. The van der Waals surface area contributed by atoms with Crippen LogP contribution in [-0.4, -0.2) is 42.6 Å². The van der Waals surface area contributed by atoms with Gasteiger partial charge >= 0.3 is 0 Å². The molecule has 0 unspecified atom stereocenters. The zero-order chi connectivity index (χ0) is 11.3. The Hall–Kier alpha value is -1.17. The van der Waals surface area contributed by atoms with E-state index < -0.39 is 0 Å². The number of aromatic nitrogens is 2. The number of thioether (sulfide) groups is 1. The van der Waals surface area contributed by atoms with Gasteiger partial charge in [-0.2, -0.15) is 21.7 Å². The summed E-state index contributed by atoms with van der Waals surface area (Å²) in [5.74, 6) is 2.96. The fourth-order valence-corrected chi connectivity index (χ4v) is 1.58. The Kier molecular flexibility index (Phi) is 4.48. The number of anilines is 3. The van der Waals surface area contributed by atoms with Gasteiger partial charge in [-0.3, -0.25) is 0 Å². The highest BCUT2D eigenvalue weighted by atomic mass is 32.2. The maximum atomic E-state index is 5.61. The summed E-state index contributed by atoms with van der Waals surface area (Å²) in [6.07, 6.45) is 2.08. The lowest BCUT2D eigenvalue weighted by atomic mass is 10.4. The highest BCUT2D eigenvalue weighted by Crippen LogP contribution is 2.15. The van der Waals surface area contributed by atoms with Crippen molar-refractivity contribution in [2.45, 2.75) is 0 Å². The number of nitrogens with one attached hydrogen (secondary N) is 1. The van der Waals surface area contributed by atoms with E-state index in [1.807, 2.05) is 20.2 Å². The summed E-state index contributed by atoms with van der Waals surface area (Å²) in [6, 6.07) is 1.89. The molecular formula is C9H17N5S. The van der Waals surface area contributed by atoms with Crippen LogP contribution in [0.5, 0.6) is 0 Å². The molecule has 0 aliphatic rings. The molecule has 6 heteroatoms. The number of nitrogen functional groups attached to an aromatic ring is 1. The van der Waals surface area contributed by atoms with Gasteiger partial charge in [-0.15, -0.1) is 0 Å². The second-order valence-corrected chi connectivity index (χ2v) is 4.12. The molecule has 5 nitrogen and oxygen atoms in total. The molecule has 0 amide bonds. The average molecular weight is 227 g/mol. The fourth-order valence-electron chi connectivity index (χ4n) is 1.12.